The van der Waals surface area contributed by atoms with Gasteiger partial charge >= 0.3 is 0 Å². The van der Waals surface area contributed by atoms with Crippen LogP contribution in [-0.2, 0) is 9.84 Å². The van der Waals surface area contributed by atoms with E-state index in [1.807, 2.05) is 0 Å². The van der Waals surface area contributed by atoms with E-state index < -0.39 is 9.84 Å². The summed E-state index contributed by atoms with van der Waals surface area (Å²) in [4.78, 5) is 0. The van der Waals surface area contributed by atoms with Crippen LogP contribution in [0.4, 0.5) is 0 Å². The third-order valence-electron chi connectivity index (χ3n) is 1.29. The van der Waals surface area contributed by atoms with Crippen molar-refractivity contribution in [2.45, 2.75) is 0 Å². The highest BCUT2D eigenvalue weighted by molar-refractivity contribution is 7.92. The first-order valence-corrected chi connectivity index (χ1v) is 6.09. The quantitative estimate of drug-likeness (QED) is 0.793. The minimum atomic E-state index is -3.13. The van der Waals surface area contributed by atoms with Crippen molar-refractivity contribution < 1.29 is 8.42 Å². The highest BCUT2D eigenvalue weighted by Crippen LogP contribution is 2.23. The minimum absolute atomic E-state index is 0.346. The summed E-state index contributed by atoms with van der Waals surface area (Å²) in [6.45, 7) is 0. The molecule has 1 aromatic carbocycles. The molecular weight excluding hydrogens is 231 g/mol. The number of benzene rings is 1. The van der Waals surface area contributed by atoms with Gasteiger partial charge in [-0.2, -0.15) is 0 Å². The van der Waals surface area contributed by atoms with Crippen LogP contribution in [0.15, 0.2) is 18.2 Å². The van der Waals surface area contributed by atoms with Crippen LogP contribution < -0.4 is 0 Å². The van der Waals surface area contributed by atoms with E-state index in [-0.39, 0.29) is 0 Å². The number of hydrogen-bond acceptors (Lipinski definition) is 2. The molecule has 1 rings (SSSR count). The average molecular weight is 238 g/mol. The van der Waals surface area contributed by atoms with Gasteiger partial charge in [0, 0.05) is 6.26 Å². The van der Waals surface area contributed by atoms with Gasteiger partial charge in [0.05, 0.1) is 10.0 Å². The molecule has 0 saturated heterocycles. The van der Waals surface area contributed by atoms with E-state index in [0.717, 1.165) is 12.0 Å². The summed E-state index contributed by atoms with van der Waals surface area (Å²) in [6, 6.07) is 4.65. The van der Waals surface area contributed by atoms with Crippen molar-refractivity contribution >= 4 is 33.0 Å². The first-order valence-electron chi connectivity index (χ1n) is 3.38. The Bertz CT molecular complexity index is 412. The molecule has 0 aliphatic heterocycles. The summed E-state index contributed by atoms with van der Waals surface area (Å²) < 4.78 is 21.7. The molecule has 0 aliphatic rings. The molecule has 5 heteroatoms. The van der Waals surface area contributed by atoms with Gasteiger partial charge in [0.25, 0.3) is 0 Å². The first kappa shape index (κ1) is 10.8. The van der Waals surface area contributed by atoms with E-state index in [1.54, 1.807) is 12.1 Å². The van der Waals surface area contributed by atoms with Gasteiger partial charge in [-0.15, -0.1) is 0 Å². The Kier molecular flexibility index (Phi) is 3.22. The fourth-order valence-electron chi connectivity index (χ4n) is 0.833. The summed E-state index contributed by atoms with van der Waals surface area (Å²) in [7, 11) is -3.13. The first-order chi connectivity index (χ1) is 5.88. The SMILES string of the molecule is CS(=O)(=O)[CH]c1ccc(Cl)c(Cl)c1. The van der Waals surface area contributed by atoms with Crippen LogP contribution >= 0.6 is 23.2 Å². The maximum absolute atomic E-state index is 10.9. The fourth-order valence-corrected chi connectivity index (χ4v) is 1.78. The smallest absolute Gasteiger partial charge is 0.156 e. The van der Waals surface area contributed by atoms with E-state index in [1.165, 1.54) is 6.07 Å². The zero-order valence-corrected chi connectivity index (χ0v) is 9.12. The van der Waals surface area contributed by atoms with E-state index in [0.29, 0.717) is 15.6 Å². The Morgan fingerprint density at radius 2 is 1.85 bits per heavy atom. The number of sulfone groups is 1. The summed E-state index contributed by atoms with van der Waals surface area (Å²) in [5.74, 6) is 1.13. The largest absolute Gasteiger partial charge is 0.228 e. The van der Waals surface area contributed by atoms with Crippen LogP contribution in [0.5, 0.6) is 0 Å². The average Bonchev–Trinajstić information content (AvgIpc) is 1.94. The predicted octanol–water partition coefficient (Wildman–Crippen LogP) is 2.55. The van der Waals surface area contributed by atoms with Gasteiger partial charge in [0.2, 0.25) is 0 Å². The zero-order chi connectivity index (χ0) is 10.1. The van der Waals surface area contributed by atoms with Crippen LogP contribution in [0.3, 0.4) is 0 Å². The molecule has 0 unspecified atom stereocenters. The number of hydrogen-bond donors (Lipinski definition) is 0. The maximum Gasteiger partial charge on any atom is 0.156 e. The Labute approximate surface area is 87.4 Å². The van der Waals surface area contributed by atoms with Crippen molar-refractivity contribution in [3.05, 3.63) is 39.6 Å². The summed E-state index contributed by atoms with van der Waals surface area (Å²) in [5, 5.41) is 0.756. The molecule has 0 aromatic heterocycles. The third kappa shape index (κ3) is 3.55. The highest BCUT2D eigenvalue weighted by atomic mass is 35.5. The van der Waals surface area contributed by atoms with Gasteiger partial charge in [0.1, 0.15) is 5.75 Å². The lowest BCUT2D eigenvalue weighted by Crippen LogP contribution is -1.97. The normalized spacial score (nSPS) is 11.6. The second-order valence-electron chi connectivity index (χ2n) is 2.62. The second-order valence-corrected chi connectivity index (χ2v) is 5.33. The Hall–Kier alpha value is -0.250. The van der Waals surface area contributed by atoms with E-state index in [2.05, 4.69) is 0 Å². The molecule has 0 bridgehead atoms. The van der Waals surface area contributed by atoms with Crippen molar-refractivity contribution in [1.29, 1.82) is 0 Å². The van der Waals surface area contributed by atoms with Gasteiger partial charge < -0.3 is 0 Å². The fraction of sp³-hybridized carbons (Fsp3) is 0.125. The molecule has 0 atom stereocenters. The highest BCUT2D eigenvalue weighted by Gasteiger charge is 2.06. The van der Waals surface area contributed by atoms with Crippen LogP contribution in [0.1, 0.15) is 5.56 Å². The maximum atomic E-state index is 10.9. The Balaban J connectivity index is 2.99. The zero-order valence-electron chi connectivity index (χ0n) is 6.79. The number of halogens is 2. The standard InChI is InChI=1S/C8H7Cl2O2S/c1-13(11,12)5-6-2-3-7(9)8(10)4-6/h2-5H,1H3. The molecule has 0 saturated carbocycles. The van der Waals surface area contributed by atoms with Crippen LogP contribution in [0.2, 0.25) is 10.0 Å². The molecular formula is C8H7Cl2O2S. The predicted molar refractivity (Wildman–Crippen MR) is 54.7 cm³/mol. The lowest BCUT2D eigenvalue weighted by atomic mass is 10.2. The van der Waals surface area contributed by atoms with Gasteiger partial charge in [-0.05, 0) is 17.7 Å². The van der Waals surface area contributed by atoms with E-state index >= 15 is 0 Å². The van der Waals surface area contributed by atoms with Gasteiger partial charge in [-0.3, -0.25) is 0 Å². The lowest BCUT2D eigenvalue weighted by molar-refractivity contribution is 0.608. The Morgan fingerprint density at radius 1 is 1.23 bits per heavy atom. The second kappa shape index (κ2) is 3.86. The van der Waals surface area contributed by atoms with E-state index in [4.69, 9.17) is 23.2 Å². The monoisotopic (exact) mass is 237 g/mol. The molecule has 0 aliphatic carbocycles. The topological polar surface area (TPSA) is 34.1 Å². The third-order valence-corrected chi connectivity index (χ3v) is 2.73. The van der Waals surface area contributed by atoms with Gasteiger partial charge in [-0.1, -0.05) is 29.3 Å². The number of rotatable bonds is 2. The van der Waals surface area contributed by atoms with Crippen molar-refractivity contribution in [2.24, 2.45) is 0 Å². The van der Waals surface area contributed by atoms with Crippen LogP contribution in [0.25, 0.3) is 0 Å². The molecule has 0 amide bonds. The molecule has 0 heterocycles. The van der Waals surface area contributed by atoms with Gasteiger partial charge in [0.15, 0.2) is 9.84 Å². The van der Waals surface area contributed by atoms with Gasteiger partial charge in [-0.25, -0.2) is 8.42 Å². The molecule has 0 spiro atoms. The molecule has 13 heavy (non-hydrogen) atoms. The summed E-state index contributed by atoms with van der Waals surface area (Å²) in [5.41, 5.74) is 0.525. The summed E-state index contributed by atoms with van der Waals surface area (Å²) >= 11 is 11.4. The van der Waals surface area contributed by atoms with Crippen LogP contribution in [-0.4, -0.2) is 14.7 Å². The molecule has 2 nitrogen and oxygen atoms in total. The van der Waals surface area contributed by atoms with Crippen molar-refractivity contribution in [3.8, 4) is 0 Å². The molecule has 1 aromatic rings. The van der Waals surface area contributed by atoms with Crippen molar-refractivity contribution in [1.82, 2.24) is 0 Å². The van der Waals surface area contributed by atoms with Crippen LogP contribution in [0, 0.1) is 5.75 Å². The molecule has 1 radical (unpaired) electrons. The van der Waals surface area contributed by atoms with Crippen molar-refractivity contribution in [2.75, 3.05) is 6.26 Å². The minimum Gasteiger partial charge on any atom is -0.228 e. The van der Waals surface area contributed by atoms with E-state index in [9.17, 15) is 8.42 Å². The van der Waals surface area contributed by atoms with Crippen molar-refractivity contribution in [3.63, 3.8) is 0 Å². The molecule has 71 valence electrons. The lowest BCUT2D eigenvalue weighted by Gasteiger charge is -2.00. The molecule has 0 fully saturated rings. The summed E-state index contributed by atoms with van der Waals surface area (Å²) in [6.07, 6.45) is 1.12. The molecule has 0 N–H and O–H groups in total. The Morgan fingerprint density at radius 3 is 2.31 bits per heavy atom.